The maximum absolute atomic E-state index is 13.6. The summed E-state index contributed by atoms with van der Waals surface area (Å²) in [5.74, 6) is -1.01. The van der Waals surface area contributed by atoms with Gasteiger partial charge in [0.15, 0.2) is 9.21 Å². The molecule has 3 unspecified atom stereocenters. The van der Waals surface area contributed by atoms with Gasteiger partial charge in [-0.25, -0.2) is 0 Å². The predicted octanol–water partition coefficient (Wildman–Crippen LogP) is 8.44. The van der Waals surface area contributed by atoms with Crippen LogP contribution in [0, 0.1) is 5.92 Å². The Labute approximate surface area is 236 Å². The lowest BCUT2D eigenvalue weighted by atomic mass is 9.88. The third kappa shape index (κ3) is 3.79. The number of allylic oxidation sites excluding steroid dienone is 2. The third-order valence-corrected chi connectivity index (χ3v) is 11.6. The summed E-state index contributed by atoms with van der Waals surface area (Å²) in [5, 5.41) is 4.07. The van der Waals surface area contributed by atoms with Crippen LogP contribution >= 0.6 is 104 Å². The van der Waals surface area contributed by atoms with E-state index in [1.165, 1.54) is 0 Å². The zero-order valence-corrected chi connectivity index (χ0v) is 23.2. The molecule has 1 amide bonds. The second kappa shape index (κ2) is 8.98. The van der Waals surface area contributed by atoms with Gasteiger partial charge in [-0.15, -0.1) is 23.2 Å². The van der Waals surface area contributed by atoms with E-state index >= 15 is 0 Å². The standard InChI is InChI=1S/C22H14Cl9NO/c23-14-5-1-11(2-6-14)20(28,12-3-7-15(24)8-4-12)18(33)32-10-13-9-19(27)16(25)17(26)21(13,29)22(19,30)31/h1-8,13H,9-10H2,(H,32,33). The van der Waals surface area contributed by atoms with Crippen molar-refractivity contribution in [1.82, 2.24) is 5.32 Å². The zero-order chi connectivity index (χ0) is 24.4. The minimum Gasteiger partial charge on any atom is -0.354 e. The van der Waals surface area contributed by atoms with Crippen molar-refractivity contribution in [2.45, 2.75) is 25.4 Å². The van der Waals surface area contributed by atoms with E-state index in [-0.39, 0.29) is 23.0 Å². The number of hydrogen-bond donors (Lipinski definition) is 1. The van der Waals surface area contributed by atoms with Crippen LogP contribution in [0.15, 0.2) is 58.6 Å². The van der Waals surface area contributed by atoms with Crippen LogP contribution in [0.5, 0.6) is 0 Å². The van der Waals surface area contributed by atoms with Crippen molar-refractivity contribution >= 4 is 110 Å². The summed E-state index contributed by atoms with van der Waals surface area (Å²) in [6.07, 6.45) is 0.206. The highest BCUT2D eigenvalue weighted by atomic mass is 35.5. The number of carbonyl (C=O) groups is 1. The number of alkyl halides is 5. The molecule has 2 aromatic rings. The fourth-order valence-electron chi connectivity index (χ4n) is 4.37. The molecule has 1 fully saturated rings. The maximum atomic E-state index is 13.6. The summed E-state index contributed by atoms with van der Waals surface area (Å²) >= 11 is 58.3. The molecule has 2 aliphatic rings. The van der Waals surface area contributed by atoms with E-state index in [2.05, 4.69) is 5.32 Å². The average molecular weight is 627 g/mol. The fourth-order valence-corrected chi connectivity index (χ4v) is 7.79. The second-order valence-electron chi connectivity index (χ2n) is 8.00. The molecule has 11 heteroatoms. The Hall–Kier alpha value is 0.260. The van der Waals surface area contributed by atoms with Crippen molar-refractivity contribution in [2.24, 2.45) is 5.92 Å². The smallest absolute Gasteiger partial charge is 0.250 e. The van der Waals surface area contributed by atoms with Crippen LogP contribution < -0.4 is 5.32 Å². The molecule has 2 bridgehead atoms. The Bertz CT molecular complexity index is 1090. The van der Waals surface area contributed by atoms with Crippen LogP contribution in [0.4, 0.5) is 0 Å². The van der Waals surface area contributed by atoms with Crippen molar-refractivity contribution in [3.05, 3.63) is 79.8 Å². The lowest BCUT2D eigenvalue weighted by Gasteiger charge is -2.34. The van der Waals surface area contributed by atoms with Crippen molar-refractivity contribution in [2.75, 3.05) is 6.54 Å². The van der Waals surface area contributed by atoms with E-state index in [1.54, 1.807) is 48.5 Å². The number of amides is 1. The van der Waals surface area contributed by atoms with E-state index in [9.17, 15) is 4.79 Å². The normalized spacial score (nSPS) is 28.3. The summed E-state index contributed by atoms with van der Waals surface area (Å²) in [5.41, 5.74) is 1.03. The third-order valence-electron chi connectivity index (χ3n) is 6.21. The first-order valence-electron chi connectivity index (χ1n) is 9.61. The summed E-state index contributed by atoms with van der Waals surface area (Å²) < 4.78 is -1.67. The minimum absolute atomic E-state index is 0.0496. The van der Waals surface area contributed by atoms with Gasteiger partial charge in [-0.2, -0.15) is 0 Å². The van der Waals surface area contributed by atoms with Gasteiger partial charge < -0.3 is 5.32 Å². The van der Waals surface area contributed by atoms with Crippen LogP contribution in [-0.2, 0) is 9.67 Å². The average Bonchev–Trinajstić information content (AvgIpc) is 3.00. The first-order chi connectivity index (χ1) is 15.3. The molecule has 0 aliphatic heterocycles. The lowest BCUT2D eigenvalue weighted by Crippen LogP contribution is -2.48. The lowest BCUT2D eigenvalue weighted by molar-refractivity contribution is -0.123. The molecule has 0 spiro atoms. The second-order valence-corrected chi connectivity index (χ2v) is 12.8. The van der Waals surface area contributed by atoms with Gasteiger partial charge in [-0.1, -0.05) is 105 Å². The van der Waals surface area contributed by atoms with Gasteiger partial charge in [0, 0.05) is 22.5 Å². The van der Waals surface area contributed by atoms with Crippen LogP contribution in [-0.4, -0.2) is 26.5 Å². The molecular formula is C22H14Cl9NO. The summed E-state index contributed by atoms with van der Waals surface area (Å²) in [6, 6.07) is 13.3. The molecule has 0 saturated heterocycles. The Morgan fingerprint density at radius 2 is 1.30 bits per heavy atom. The van der Waals surface area contributed by atoms with Crippen LogP contribution in [0.25, 0.3) is 0 Å². The quantitative estimate of drug-likeness (QED) is 0.332. The molecule has 1 N–H and O–H groups in total. The molecule has 2 aromatic carbocycles. The number of halogens is 9. The van der Waals surface area contributed by atoms with Crippen molar-refractivity contribution in [3.8, 4) is 0 Å². The van der Waals surface area contributed by atoms with Gasteiger partial charge in [0.1, 0.15) is 9.75 Å². The van der Waals surface area contributed by atoms with Crippen LogP contribution in [0.2, 0.25) is 10.0 Å². The van der Waals surface area contributed by atoms with Gasteiger partial charge in [-0.3, -0.25) is 4.79 Å². The zero-order valence-electron chi connectivity index (χ0n) is 16.4. The number of benzene rings is 2. The molecule has 4 rings (SSSR count). The Morgan fingerprint density at radius 3 is 1.70 bits per heavy atom. The van der Waals surface area contributed by atoms with Crippen molar-refractivity contribution < 1.29 is 4.79 Å². The molecule has 0 radical (unpaired) electrons. The van der Waals surface area contributed by atoms with E-state index in [4.69, 9.17) is 104 Å². The number of carbonyl (C=O) groups excluding carboxylic acids is 1. The van der Waals surface area contributed by atoms with E-state index in [0.29, 0.717) is 21.2 Å². The summed E-state index contributed by atoms with van der Waals surface area (Å²) in [6.45, 7) is 0.0496. The molecule has 2 nitrogen and oxygen atoms in total. The minimum atomic E-state index is -1.67. The first kappa shape index (κ1) is 26.3. The summed E-state index contributed by atoms with van der Waals surface area (Å²) in [7, 11) is 0. The van der Waals surface area contributed by atoms with Crippen LogP contribution in [0.3, 0.4) is 0 Å². The van der Waals surface area contributed by atoms with Gasteiger partial charge in [0.25, 0.3) is 0 Å². The van der Waals surface area contributed by atoms with E-state index < -0.39 is 30.8 Å². The molecule has 3 atom stereocenters. The summed E-state index contributed by atoms with van der Waals surface area (Å²) in [4.78, 5) is 9.15. The fraction of sp³-hybridized carbons (Fsp3) is 0.318. The molecule has 2 aliphatic carbocycles. The van der Waals surface area contributed by atoms with Gasteiger partial charge >= 0.3 is 0 Å². The van der Waals surface area contributed by atoms with Gasteiger partial charge in [-0.05, 0) is 41.8 Å². The topological polar surface area (TPSA) is 29.1 Å². The molecule has 0 heterocycles. The molecule has 176 valence electrons. The Morgan fingerprint density at radius 1 is 0.848 bits per heavy atom. The molecular weight excluding hydrogens is 613 g/mol. The number of nitrogens with one attached hydrogen (secondary N) is 1. The highest BCUT2D eigenvalue weighted by Gasteiger charge is 2.78. The number of fused-ring (bicyclic) bond motifs is 2. The van der Waals surface area contributed by atoms with Gasteiger partial charge in [0.05, 0.1) is 10.1 Å². The first-order valence-corrected chi connectivity index (χ1v) is 13.0. The highest BCUT2D eigenvalue weighted by molar-refractivity contribution is 6.65. The number of hydrogen-bond acceptors (Lipinski definition) is 1. The Balaban J connectivity index is 1.65. The van der Waals surface area contributed by atoms with Crippen LogP contribution in [0.1, 0.15) is 17.5 Å². The largest absolute Gasteiger partial charge is 0.354 e. The molecule has 1 saturated carbocycles. The monoisotopic (exact) mass is 623 g/mol. The highest BCUT2D eigenvalue weighted by Crippen LogP contribution is 2.74. The van der Waals surface area contributed by atoms with E-state index in [0.717, 1.165) is 0 Å². The number of rotatable bonds is 5. The predicted molar refractivity (Wildman–Crippen MR) is 141 cm³/mol. The molecule has 0 aromatic heterocycles. The molecule has 33 heavy (non-hydrogen) atoms. The Kier molecular flexibility index (Phi) is 7.16. The van der Waals surface area contributed by atoms with E-state index in [1.807, 2.05) is 0 Å². The van der Waals surface area contributed by atoms with Crippen molar-refractivity contribution in [1.29, 1.82) is 0 Å². The maximum Gasteiger partial charge on any atom is 0.250 e. The van der Waals surface area contributed by atoms with Gasteiger partial charge in [0.2, 0.25) is 5.91 Å². The SMILES string of the molecule is O=C(NCC1CC2(Cl)C(Cl)=C(Cl)C1(Cl)C2(Cl)Cl)C(Cl)(c1ccc(Cl)cc1)c1ccc(Cl)cc1. The van der Waals surface area contributed by atoms with Crippen molar-refractivity contribution in [3.63, 3.8) is 0 Å².